The fraction of sp³-hybridized carbons (Fsp3) is 0.375. The van der Waals surface area contributed by atoms with E-state index in [9.17, 15) is 4.79 Å². The molecule has 1 aromatic heterocycles. The largest absolute Gasteiger partial charge is 0.377 e. The maximum Gasteiger partial charge on any atom is 0.251 e. The zero-order valence-electron chi connectivity index (χ0n) is 12.3. The fourth-order valence-corrected chi connectivity index (χ4v) is 2.38. The number of anilines is 1. The zero-order chi connectivity index (χ0) is 14.8. The van der Waals surface area contributed by atoms with Crippen LogP contribution in [0, 0.1) is 0 Å². The lowest BCUT2D eigenvalue weighted by Gasteiger charge is -2.16. The second kappa shape index (κ2) is 5.60. The van der Waals surface area contributed by atoms with Gasteiger partial charge in [-0.3, -0.25) is 9.48 Å². The van der Waals surface area contributed by atoms with Crippen molar-refractivity contribution in [1.82, 2.24) is 15.1 Å². The molecule has 21 heavy (non-hydrogen) atoms. The van der Waals surface area contributed by atoms with Crippen molar-refractivity contribution in [2.45, 2.75) is 31.8 Å². The Labute approximate surface area is 124 Å². The number of benzene rings is 1. The second-order valence-electron chi connectivity index (χ2n) is 5.57. The molecule has 1 atom stereocenters. The lowest BCUT2D eigenvalue weighted by atomic mass is 10.1. The van der Waals surface area contributed by atoms with E-state index < -0.39 is 0 Å². The van der Waals surface area contributed by atoms with Gasteiger partial charge in [0.25, 0.3) is 5.91 Å². The Morgan fingerprint density at radius 2 is 2.19 bits per heavy atom. The SMILES string of the molecule is CC(Nc1cccc(C(=O)NC2CC2)c1)c1ccnn1C. The van der Waals surface area contributed by atoms with E-state index in [1.165, 1.54) is 0 Å². The molecule has 1 heterocycles. The van der Waals surface area contributed by atoms with Gasteiger partial charge >= 0.3 is 0 Å². The molecule has 0 radical (unpaired) electrons. The molecule has 0 bridgehead atoms. The highest BCUT2D eigenvalue weighted by molar-refractivity contribution is 5.95. The Hall–Kier alpha value is -2.30. The number of hydrogen-bond donors (Lipinski definition) is 2. The van der Waals surface area contributed by atoms with Crippen molar-refractivity contribution in [2.75, 3.05) is 5.32 Å². The Bertz CT molecular complexity index is 645. The van der Waals surface area contributed by atoms with Gasteiger partial charge in [0.2, 0.25) is 0 Å². The fourth-order valence-electron chi connectivity index (χ4n) is 2.38. The molecule has 1 aromatic carbocycles. The maximum atomic E-state index is 12.1. The van der Waals surface area contributed by atoms with Crippen molar-refractivity contribution in [3.8, 4) is 0 Å². The van der Waals surface area contributed by atoms with Gasteiger partial charge in [-0.2, -0.15) is 5.10 Å². The molecule has 1 aliphatic carbocycles. The van der Waals surface area contributed by atoms with Gasteiger partial charge < -0.3 is 10.6 Å². The lowest BCUT2D eigenvalue weighted by molar-refractivity contribution is 0.0951. The van der Waals surface area contributed by atoms with E-state index in [-0.39, 0.29) is 11.9 Å². The molecule has 0 aliphatic heterocycles. The van der Waals surface area contributed by atoms with Crippen molar-refractivity contribution >= 4 is 11.6 Å². The molecule has 0 spiro atoms. The number of aromatic nitrogens is 2. The predicted molar refractivity (Wildman–Crippen MR) is 82.2 cm³/mol. The minimum absolute atomic E-state index is 0.00864. The maximum absolute atomic E-state index is 12.1. The molecule has 0 saturated heterocycles. The molecule has 1 fully saturated rings. The molecule has 1 saturated carbocycles. The number of hydrogen-bond acceptors (Lipinski definition) is 3. The number of nitrogens with zero attached hydrogens (tertiary/aromatic N) is 2. The standard InChI is InChI=1S/C16H20N4O/c1-11(15-8-9-17-20(15)2)18-14-5-3-4-12(10-14)16(21)19-13-6-7-13/h3-5,8-11,13,18H,6-7H2,1-2H3,(H,19,21). The van der Waals surface area contributed by atoms with E-state index in [2.05, 4.69) is 22.7 Å². The van der Waals surface area contributed by atoms with E-state index >= 15 is 0 Å². The summed E-state index contributed by atoms with van der Waals surface area (Å²) in [6.07, 6.45) is 3.98. The highest BCUT2D eigenvalue weighted by atomic mass is 16.1. The van der Waals surface area contributed by atoms with Gasteiger partial charge in [0, 0.05) is 30.5 Å². The highest BCUT2D eigenvalue weighted by Gasteiger charge is 2.23. The van der Waals surface area contributed by atoms with Crippen LogP contribution in [0.1, 0.15) is 41.9 Å². The molecule has 1 aliphatic rings. The zero-order valence-corrected chi connectivity index (χ0v) is 12.3. The number of amides is 1. The lowest BCUT2D eigenvalue weighted by Crippen LogP contribution is -2.25. The van der Waals surface area contributed by atoms with Crippen LogP contribution in [0.5, 0.6) is 0 Å². The van der Waals surface area contributed by atoms with Crippen molar-refractivity contribution in [2.24, 2.45) is 7.05 Å². The van der Waals surface area contributed by atoms with Crippen molar-refractivity contribution in [1.29, 1.82) is 0 Å². The van der Waals surface area contributed by atoms with Crippen LogP contribution in [-0.2, 0) is 7.05 Å². The Morgan fingerprint density at radius 3 is 2.86 bits per heavy atom. The summed E-state index contributed by atoms with van der Waals surface area (Å²) in [6.45, 7) is 2.08. The summed E-state index contributed by atoms with van der Waals surface area (Å²) in [7, 11) is 1.92. The van der Waals surface area contributed by atoms with Crippen LogP contribution in [0.3, 0.4) is 0 Å². The molecular weight excluding hydrogens is 264 g/mol. The minimum Gasteiger partial charge on any atom is -0.377 e. The van der Waals surface area contributed by atoms with E-state index in [0.29, 0.717) is 11.6 Å². The molecule has 5 nitrogen and oxygen atoms in total. The quantitative estimate of drug-likeness (QED) is 0.887. The third-order valence-electron chi connectivity index (χ3n) is 3.72. The number of carbonyl (C=O) groups excluding carboxylic acids is 1. The van der Waals surface area contributed by atoms with Gasteiger partial charge in [0.1, 0.15) is 0 Å². The van der Waals surface area contributed by atoms with Crippen LogP contribution >= 0.6 is 0 Å². The first-order valence-corrected chi connectivity index (χ1v) is 7.29. The van der Waals surface area contributed by atoms with Crippen LogP contribution in [0.2, 0.25) is 0 Å². The van der Waals surface area contributed by atoms with Gasteiger partial charge in [-0.1, -0.05) is 6.07 Å². The van der Waals surface area contributed by atoms with Crippen LogP contribution < -0.4 is 10.6 Å². The molecule has 110 valence electrons. The normalized spacial score (nSPS) is 15.5. The average Bonchev–Trinajstić information content (AvgIpc) is 3.17. The van der Waals surface area contributed by atoms with Crippen molar-refractivity contribution in [3.05, 3.63) is 47.8 Å². The Balaban J connectivity index is 1.70. The summed E-state index contributed by atoms with van der Waals surface area (Å²) in [4.78, 5) is 12.1. The summed E-state index contributed by atoms with van der Waals surface area (Å²) < 4.78 is 1.85. The van der Waals surface area contributed by atoms with Gasteiger partial charge in [0.05, 0.1) is 11.7 Å². The summed E-state index contributed by atoms with van der Waals surface area (Å²) >= 11 is 0. The van der Waals surface area contributed by atoms with E-state index in [1.807, 2.05) is 42.1 Å². The number of aryl methyl sites for hydroxylation is 1. The molecule has 1 unspecified atom stereocenters. The molecular formula is C16H20N4O. The van der Waals surface area contributed by atoms with E-state index in [4.69, 9.17) is 0 Å². The first-order chi connectivity index (χ1) is 10.1. The van der Waals surface area contributed by atoms with E-state index in [0.717, 1.165) is 24.2 Å². The van der Waals surface area contributed by atoms with Crippen molar-refractivity contribution < 1.29 is 4.79 Å². The number of rotatable bonds is 5. The van der Waals surface area contributed by atoms with Crippen LogP contribution in [-0.4, -0.2) is 21.7 Å². The summed E-state index contributed by atoms with van der Waals surface area (Å²) in [6, 6.07) is 10.1. The Morgan fingerprint density at radius 1 is 1.38 bits per heavy atom. The van der Waals surface area contributed by atoms with Gasteiger partial charge in [-0.15, -0.1) is 0 Å². The summed E-state index contributed by atoms with van der Waals surface area (Å²) in [5.41, 5.74) is 2.74. The monoisotopic (exact) mass is 284 g/mol. The highest BCUT2D eigenvalue weighted by Crippen LogP contribution is 2.21. The number of carbonyl (C=O) groups is 1. The molecule has 1 amide bonds. The van der Waals surface area contributed by atoms with Crippen molar-refractivity contribution in [3.63, 3.8) is 0 Å². The van der Waals surface area contributed by atoms with E-state index in [1.54, 1.807) is 6.20 Å². The van der Waals surface area contributed by atoms with Crippen LogP contribution in [0.25, 0.3) is 0 Å². The third kappa shape index (κ3) is 3.24. The smallest absolute Gasteiger partial charge is 0.251 e. The molecule has 2 N–H and O–H groups in total. The van der Waals surface area contributed by atoms with Crippen LogP contribution in [0.15, 0.2) is 36.5 Å². The van der Waals surface area contributed by atoms with Gasteiger partial charge in [-0.05, 0) is 44.0 Å². The molecule has 2 aromatic rings. The summed E-state index contributed by atoms with van der Waals surface area (Å²) in [5, 5.41) is 10.6. The number of nitrogens with one attached hydrogen (secondary N) is 2. The average molecular weight is 284 g/mol. The minimum atomic E-state index is 0.00864. The Kier molecular flexibility index (Phi) is 3.64. The topological polar surface area (TPSA) is 59.0 Å². The molecule has 3 rings (SSSR count). The first-order valence-electron chi connectivity index (χ1n) is 7.29. The van der Waals surface area contributed by atoms with Crippen LogP contribution in [0.4, 0.5) is 5.69 Å². The predicted octanol–water partition coefficient (Wildman–Crippen LogP) is 2.49. The second-order valence-corrected chi connectivity index (χ2v) is 5.57. The molecule has 5 heteroatoms. The van der Waals surface area contributed by atoms with Gasteiger partial charge in [0.15, 0.2) is 0 Å². The summed E-state index contributed by atoms with van der Waals surface area (Å²) in [5.74, 6) is 0.00864. The third-order valence-corrected chi connectivity index (χ3v) is 3.72. The van der Waals surface area contributed by atoms with Gasteiger partial charge in [-0.25, -0.2) is 0 Å². The first kappa shape index (κ1) is 13.7.